The van der Waals surface area contributed by atoms with Crippen LogP contribution in [-0.4, -0.2) is 47.9 Å². The van der Waals surface area contributed by atoms with Gasteiger partial charge in [-0.05, 0) is 20.3 Å². The lowest BCUT2D eigenvalue weighted by molar-refractivity contribution is -0.147. The molecule has 0 aromatic carbocycles. The van der Waals surface area contributed by atoms with Crippen molar-refractivity contribution in [1.82, 2.24) is 10.2 Å². The van der Waals surface area contributed by atoms with Crippen LogP contribution in [0.25, 0.3) is 0 Å². The highest BCUT2D eigenvalue weighted by molar-refractivity contribution is 5.87. The molecule has 6 nitrogen and oxygen atoms in total. The standard InChI is InChI=1S/C12H20N2O4/c1-12(2,11(17)18)7-13-10(16)8-4-5-14(3)9(15)6-8/h8H,4-7H2,1-3H3,(H,13,16)(H,17,18)/t8-/m1/s1. The molecule has 6 heteroatoms. The van der Waals surface area contributed by atoms with E-state index < -0.39 is 11.4 Å². The van der Waals surface area contributed by atoms with Crippen molar-refractivity contribution in [1.29, 1.82) is 0 Å². The second-order valence-corrected chi connectivity index (χ2v) is 5.41. The molecule has 0 unspecified atom stereocenters. The number of rotatable bonds is 4. The summed E-state index contributed by atoms with van der Waals surface area (Å²) in [6.07, 6.45) is 0.831. The summed E-state index contributed by atoms with van der Waals surface area (Å²) in [7, 11) is 1.71. The third-order valence-corrected chi connectivity index (χ3v) is 3.31. The molecule has 0 saturated carbocycles. The van der Waals surface area contributed by atoms with Crippen LogP contribution in [0.1, 0.15) is 26.7 Å². The molecular weight excluding hydrogens is 236 g/mol. The molecule has 0 bridgehead atoms. The molecule has 0 spiro atoms. The number of nitrogens with zero attached hydrogens (tertiary/aromatic N) is 1. The van der Waals surface area contributed by atoms with Gasteiger partial charge in [-0.15, -0.1) is 0 Å². The van der Waals surface area contributed by atoms with Gasteiger partial charge in [0.1, 0.15) is 0 Å². The largest absolute Gasteiger partial charge is 0.481 e. The zero-order chi connectivity index (χ0) is 13.9. The number of nitrogens with one attached hydrogen (secondary N) is 1. The van der Waals surface area contributed by atoms with E-state index in [0.29, 0.717) is 13.0 Å². The number of hydrogen-bond acceptors (Lipinski definition) is 3. The van der Waals surface area contributed by atoms with Crippen LogP contribution in [-0.2, 0) is 14.4 Å². The summed E-state index contributed by atoms with van der Waals surface area (Å²) in [5, 5.41) is 11.5. The Bertz CT molecular complexity index is 365. The Morgan fingerprint density at radius 1 is 1.50 bits per heavy atom. The second-order valence-electron chi connectivity index (χ2n) is 5.41. The van der Waals surface area contributed by atoms with Crippen LogP contribution >= 0.6 is 0 Å². The van der Waals surface area contributed by atoms with Gasteiger partial charge in [0.2, 0.25) is 11.8 Å². The molecule has 102 valence electrons. The fourth-order valence-corrected chi connectivity index (χ4v) is 1.69. The smallest absolute Gasteiger partial charge is 0.310 e. The molecule has 2 N–H and O–H groups in total. The van der Waals surface area contributed by atoms with Gasteiger partial charge in [0.25, 0.3) is 0 Å². The minimum Gasteiger partial charge on any atom is -0.481 e. The van der Waals surface area contributed by atoms with Crippen LogP contribution in [0.15, 0.2) is 0 Å². The Hall–Kier alpha value is -1.59. The molecule has 0 aliphatic carbocycles. The fraction of sp³-hybridized carbons (Fsp3) is 0.750. The van der Waals surface area contributed by atoms with E-state index in [1.807, 2.05) is 0 Å². The van der Waals surface area contributed by atoms with Crippen LogP contribution in [0, 0.1) is 11.3 Å². The lowest BCUT2D eigenvalue weighted by atomic mass is 9.92. The fourth-order valence-electron chi connectivity index (χ4n) is 1.69. The van der Waals surface area contributed by atoms with Crippen molar-refractivity contribution in [2.75, 3.05) is 20.1 Å². The zero-order valence-corrected chi connectivity index (χ0v) is 11.0. The van der Waals surface area contributed by atoms with Gasteiger partial charge < -0.3 is 15.3 Å². The van der Waals surface area contributed by atoms with Crippen molar-refractivity contribution in [2.45, 2.75) is 26.7 Å². The highest BCUT2D eigenvalue weighted by atomic mass is 16.4. The third kappa shape index (κ3) is 3.45. The molecule has 1 saturated heterocycles. The Morgan fingerprint density at radius 2 is 2.11 bits per heavy atom. The minimum atomic E-state index is -0.995. The number of hydrogen-bond donors (Lipinski definition) is 2. The molecule has 1 atom stereocenters. The number of piperidine rings is 1. The lowest BCUT2D eigenvalue weighted by Gasteiger charge is -2.29. The first-order chi connectivity index (χ1) is 8.24. The normalized spacial score (nSPS) is 20.7. The first-order valence-electron chi connectivity index (χ1n) is 5.99. The summed E-state index contributed by atoms with van der Waals surface area (Å²) >= 11 is 0. The average molecular weight is 256 g/mol. The number of carbonyl (C=O) groups excluding carboxylic acids is 2. The highest BCUT2D eigenvalue weighted by Gasteiger charge is 2.31. The number of aliphatic carboxylic acids is 1. The minimum absolute atomic E-state index is 0.0427. The molecule has 18 heavy (non-hydrogen) atoms. The first-order valence-corrected chi connectivity index (χ1v) is 5.99. The van der Waals surface area contributed by atoms with E-state index in [2.05, 4.69) is 5.32 Å². The summed E-state index contributed by atoms with van der Waals surface area (Å²) in [6, 6.07) is 0. The van der Waals surface area contributed by atoms with E-state index in [9.17, 15) is 14.4 Å². The monoisotopic (exact) mass is 256 g/mol. The Morgan fingerprint density at radius 3 is 2.61 bits per heavy atom. The van der Waals surface area contributed by atoms with Crippen LogP contribution in [0.5, 0.6) is 0 Å². The molecule has 1 heterocycles. The van der Waals surface area contributed by atoms with Crippen LogP contribution in [0.2, 0.25) is 0 Å². The van der Waals surface area contributed by atoms with E-state index in [4.69, 9.17) is 5.11 Å². The molecule has 0 aromatic rings. The molecule has 1 fully saturated rings. The Balaban J connectivity index is 2.47. The highest BCUT2D eigenvalue weighted by Crippen LogP contribution is 2.18. The van der Waals surface area contributed by atoms with Crippen LogP contribution < -0.4 is 5.32 Å². The molecule has 1 rings (SSSR count). The number of carboxylic acids is 1. The van der Waals surface area contributed by atoms with Crippen molar-refractivity contribution in [3.63, 3.8) is 0 Å². The van der Waals surface area contributed by atoms with E-state index in [0.717, 1.165) is 0 Å². The van der Waals surface area contributed by atoms with E-state index in [1.165, 1.54) is 0 Å². The van der Waals surface area contributed by atoms with Crippen molar-refractivity contribution < 1.29 is 19.5 Å². The maximum absolute atomic E-state index is 11.8. The average Bonchev–Trinajstić information content (AvgIpc) is 2.29. The third-order valence-electron chi connectivity index (χ3n) is 3.31. The summed E-state index contributed by atoms with van der Waals surface area (Å²) in [6.45, 7) is 3.74. The molecule has 2 amide bonds. The van der Waals surface area contributed by atoms with Gasteiger partial charge in [-0.1, -0.05) is 0 Å². The van der Waals surface area contributed by atoms with Gasteiger partial charge in [0.15, 0.2) is 0 Å². The van der Waals surface area contributed by atoms with Crippen molar-refractivity contribution in [3.8, 4) is 0 Å². The summed E-state index contributed by atoms with van der Waals surface area (Å²) < 4.78 is 0. The summed E-state index contributed by atoms with van der Waals surface area (Å²) in [5.74, 6) is -1.56. The molecular formula is C12H20N2O4. The number of carbonyl (C=O) groups is 3. The van der Waals surface area contributed by atoms with E-state index in [1.54, 1.807) is 25.8 Å². The van der Waals surface area contributed by atoms with Gasteiger partial charge in [-0.25, -0.2) is 0 Å². The van der Waals surface area contributed by atoms with Crippen molar-refractivity contribution in [2.24, 2.45) is 11.3 Å². The summed E-state index contributed by atoms with van der Waals surface area (Å²) in [4.78, 5) is 35.8. The van der Waals surface area contributed by atoms with E-state index in [-0.39, 0.29) is 30.7 Å². The number of likely N-dealkylation sites (tertiary alicyclic amines) is 1. The number of amides is 2. The Kier molecular flexibility index (Phi) is 4.32. The van der Waals surface area contributed by atoms with Crippen molar-refractivity contribution in [3.05, 3.63) is 0 Å². The SMILES string of the molecule is CN1CC[C@@H](C(=O)NCC(C)(C)C(=O)O)CC1=O. The summed E-state index contributed by atoms with van der Waals surface area (Å²) in [5.41, 5.74) is -0.995. The maximum Gasteiger partial charge on any atom is 0.310 e. The Labute approximate surface area is 106 Å². The van der Waals surface area contributed by atoms with Crippen LogP contribution in [0.4, 0.5) is 0 Å². The van der Waals surface area contributed by atoms with Gasteiger partial charge in [-0.3, -0.25) is 14.4 Å². The molecule has 1 aliphatic heterocycles. The second kappa shape index (κ2) is 5.37. The van der Waals surface area contributed by atoms with Crippen LogP contribution in [0.3, 0.4) is 0 Å². The zero-order valence-electron chi connectivity index (χ0n) is 11.0. The van der Waals surface area contributed by atoms with E-state index >= 15 is 0 Å². The van der Waals surface area contributed by atoms with Gasteiger partial charge >= 0.3 is 5.97 Å². The number of carboxylic acid groups (broad SMARTS) is 1. The lowest BCUT2D eigenvalue weighted by Crippen LogP contribution is -2.45. The van der Waals surface area contributed by atoms with Gasteiger partial charge in [0.05, 0.1) is 5.41 Å². The van der Waals surface area contributed by atoms with Gasteiger partial charge in [0, 0.05) is 32.5 Å². The quantitative estimate of drug-likeness (QED) is 0.746. The van der Waals surface area contributed by atoms with Gasteiger partial charge in [-0.2, -0.15) is 0 Å². The maximum atomic E-state index is 11.8. The predicted octanol–water partition coefficient (Wildman–Crippen LogP) is 0.0818. The molecule has 0 radical (unpaired) electrons. The molecule has 1 aliphatic rings. The first kappa shape index (κ1) is 14.5. The predicted molar refractivity (Wildman–Crippen MR) is 64.8 cm³/mol. The topological polar surface area (TPSA) is 86.7 Å². The van der Waals surface area contributed by atoms with Crippen molar-refractivity contribution >= 4 is 17.8 Å². The molecule has 0 aromatic heterocycles.